The number of ether oxygens (including phenoxy) is 1. The first-order chi connectivity index (χ1) is 17.5. The topological polar surface area (TPSA) is 134 Å². The summed E-state index contributed by atoms with van der Waals surface area (Å²) in [4.78, 5) is 39.4. The van der Waals surface area contributed by atoms with Gasteiger partial charge in [0.05, 0.1) is 30.2 Å². The summed E-state index contributed by atoms with van der Waals surface area (Å²) in [7, 11) is 5.29. The molecule has 5 rings (SSSR count). The van der Waals surface area contributed by atoms with Crippen molar-refractivity contribution in [2.24, 2.45) is 7.05 Å². The molecule has 0 unspecified atom stereocenters. The van der Waals surface area contributed by atoms with Gasteiger partial charge in [0.15, 0.2) is 29.1 Å². The van der Waals surface area contributed by atoms with Crippen LogP contribution in [0.15, 0.2) is 23.8 Å². The van der Waals surface area contributed by atoms with Crippen molar-refractivity contribution in [1.82, 2.24) is 35.0 Å². The third-order valence-corrected chi connectivity index (χ3v) is 6.70. The molecule has 1 aliphatic rings. The lowest BCUT2D eigenvalue weighted by Gasteiger charge is -2.28. The molecule has 190 valence electrons. The number of imidazole rings is 1. The lowest BCUT2D eigenvalue weighted by Crippen LogP contribution is -2.37. The summed E-state index contributed by atoms with van der Waals surface area (Å²) in [5.41, 5.74) is 4.91. The van der Waals surface area contributed by atoms with E-state index in [0.29, 0.717) is 37.1 Å². The predicted octanol–water partition coefficient (Wildman–Crippen LogP) is 2.07. The Morgan fingerprint density at radius 2 is 1.92 bits per heavy atom. The van der Waals surface area contributed by atoms with Crippen LogP contribution in [-0.4, -0.2) is 81.4 Å². The number of aldehydes is 1. The van der Waals surface area contributed by atoms with Gasteiger partial charge in [0.25, 0.3) is 0 Å². The van der Waals surface area contributed by atoms with Crippen LogP contribution in [0.3, 0.4) is 0 Å². The zero-order valence-corrected chi connectivity index (χ0v) is 21.5. The highest BCUT2D eigenvalue weighted by Gasteiger charge is 2.24. The van der Waals surface area contributed by atoms with E-state index >= 15 is 0 Å². The van der Waals surface area contributed by atoms with Crippen molar-refractivity contribution >= 4 is 40.6 Å². The summed E-state index contributed by atoms with van der Waals surface area (Å²) < 4.78 is 7.55. The van der Waals surface area contributed by atoms with Gasteiger partial charge in [-0.25, -0.2) is 30.4 Å². The van der Waals surface area contributed by atoms with Crippen LogP contribution in [0.1, 0.15) is 21.7 Å². The number of nitrogens with zero attached hydrogens (tertiary/aromatic N) is 8. The minimum atomic E-state index is 0.441. The fourth-order valence-corrected chi connectivity index (χ4v) is 4.66. The molecule has 0 amide bonds. The molecule has 4 aromatic rings. The molecule has 0 aromatic carbocycles. The van der Waals surface area contributed by atoms with Crippen molar-refractivity contribution in [3.05, 3.63) is 40.8 Å². The van der Waals surface area contributed by atoms with E-state index in [1.165, 1.54) is 19.4 Å². The Kier molecular flexibility index (Phi) is 8.15. The minimum absolute atomic E-state index is 0.441. The highest BCUT2D eigenvalue weighted by Crippen LogP contribution is 2.32. The Morgan fingerprint density at radius 3 is 2.53 bits per heavy atom. The standard InChI is InChI=1S/C22H24N8O2S.CH5NO/c1-14-4-9-33-18(14)19-26-20-17(21(27-19)30-5-7-32-8-6-30)25-16(29(20)3)12-28(2)22-23-10-15(13-31)11-24-22;1-2-3/h4,9-11,13H,5-8,12H2,1-3H3;2-3H,1H3. The maximum absolute atomic E-state index is 10.9. The summed E-state index contributed by atoms with van der Waals surface area (Å²) in [6.07, 6.45) is 3.75. The van der Waals surface area contributed by atoms with Gasteiger partial charge in [0, 0.05) is 46.6 Å². The molecule has 0 atom stereocenters. The quantitative estimate of drug-likeness (QED) is 0.291. The van der Waals surface area contributed by atoms with E-state index in [1.807, 2.05) is 23.6 Å². The summed E-state index contributed by atoms with van der Waals surface area (Å²) in [6, 6.07) is 2.08. The Hall–Kier alpha value is -3.52. The molecule has 0 bridgehead atoms. The number of anilines is 2. The summed E-state index contributed by atoms with van der Waals surface area (Å²) >= 11 is 1.64. The smallest absolute Gasteiger partial charge is 0.225 e. The van der Waals surface area contributed by atoms with E-state index in [-0.39, 0.29) is 0 Å². The lowest BCUT2D eigenvalue weighted by atomic mass is 10.2. The fraction of sp³-hybridized carbons (Fsp3) is 0.391. The Labute approximate surface area is 212 Å². The van der Waals surface area contributed by atoms with Gasteiger partial charge in [-0.05, 0) is 23.9 Å². The molecular weight excluding hydrogens is 482 g/mol. The van der Waals surface area contributed by atoms with Crippen LogP contribution in [0.25, 0.3) is 21.9 Å². The number of aromatic nitrogens is 6. The zero-order valence-electron chi connectivity index (χ0n) is 20.7. The van der Waals surface area contributed by atoms with Gasteiger partial charge in [0.1, 0.15) is 5.82 Å². The number of morpholine rings is 1. The van der Waals surface area contributed by atoms with E-state index in [9.17, 15) is 4.79 Å². The second-order valence-corrected chi connectivity index (χ2v) is 9.09. The van der Waals surface area contributed by atoms with Crippen molar-refractivity contribution < 1.29 is 14.7 Å². The van der Waals surface area contributed by atoms with E-state index in [2.05, 4.69) is 33.2 Å². The van der Waals surface area contributed by atoms with Crippen LogP contribution in [0.5, 0.6) is 0 Å². The second kappa shape index (κ2) is 11.5. The SMILES string of the molecule is CNO.Cc1ccsc1-c1nc(N2CCOCC2)c2nc(CN(C)c3ncc(C=O)cn3)n(C)c2n1. The molecule has 5 heterocycles. The van der Waals surface area contributed by atoms with Crippen molar-refractivity contribution in [1.29, 1.82) is 0 Å². The average Bonchev–Trinajstić information content (AvgIpc) is 3.47. The maximum Gasteiger partial charge on any atom is 0.225 e. The Morgan fingerprint density at radius 1 is 1.22 bits per heavy atom. The van der Waals surface area contributed by atoms with Crippen molar-refractivity contribution in [3.8, 4) is 10.7 Å². The zero-order chi connectivity index (χ0) is 25.7. The molecule has 36 heavy (non-hydrogen) atoms. The third-order valence-electron chi connectivity index (χ3n) is 5.68. The van der Waals surface area contributed by atoms with Gasteiger partial charge in [-0.15, -0.1) is 11.3 Å². The molecule has 4 aromatic heterocycles. The first kappa shape index (κ1) is 25.6. The largest absolute Gasteiger partial charge is 0.378 e. The molecule has 1 aliphatic heterocycles. The number of aryl methyl sites for hydroxylation is 2. The number of carbonyl (C=O) groups is 1. The second-order valence-electron chi connectivity index (χ2n) is 8.18. The van der Waals surface area contributed by atoms with Gasteiger partial charge < -0.3 is 24.3 Å². The number of thiophene rings is 1. The summed E-state index contributed by atoms with van der Waals surface area (Å²) in [5.74, 6) is 2.89. The first-order valence-electron chi connectivity index (χ1n) is 11.4. The average molecular weight is 512 g/mol. The number of nitrogens with one attached hydrogen (secondary N) is 1. The van der Waals surface area contributed by atoms with Crippen LogP contribution >= 0.6 is 11.3 Å². The highest BCUT2D eigenvalue weighted by atomic mass is 32.1. The summed E-state index contributed by atoms with van der Waals surface area (Å²) in [5, 5.41) is 9.38. The normalized spacial score (nSPS) is 13.4. The van der Waals surface area contributed by atoms with Crippen LogP contribution < -0.4 is 15.3 Å². The molecule has 0 aliphatic carbocycles. The number of carbonyl (C=O) groups excluding carboxylic acids is 1. The van der Waals surface area contributed by atoms with E-state index in [0.717, 1.165) is 52.6 Å². The minimum Gasteiger partial charge on any atom is -0.378 e. The van der Waals surface area contributed by atoms with E-state index < -0.39 is 0 Å². The number of fused-ring (bicyclic) bond motifs is 1. The molecular formula is C23H29N9O3S. The Bertz CT molecular complexity index is 1320. The highest BCUT2D eigenvalue weighted by molar-refractivity contribution is 7.13. The van der Waals surface area contributed by atoms with Gasteiger partial charge in [0.2, 0.25) is 5.95 Å². The fourth-order valence-electron chi connectivity index (χ4n) is 3.80. The van der Waals surface area contributed by atoms with Crippen molar-refractivity contribution in [3.63, 3.8) is 0 Å². The molecule has 12 nitrogen and oxygen atoms in total. The monoisotopic (exact) mass is 511 g/mol. The third kappa shape index (κ3) is 5.33. The van der Waals surface area contributed by atoms with Crippen LogP contribution in [0.2, 0.25) is 0 Å². The number of rotatable bonds is 6. The number of hydrogen-bond donors (Lipinski definition) is 2. The maximum atomic E-state index is 10.9. The van der Waals surface area contributed by atoms with Crippen molar-refractivity contribution in [2.45, 2.75) is 13.5 Å². The number of hydrogen-bond acceptors (Lipinski definition) is 12. The molecule has 0 saturated carbocycles. The van der Waals surface area contributed by atoms with Crippen LogP contribution in [0, 0.1) is 6.92 Å². The van der Waals surface area contributed by atoms with Gasteiger partial charge >= 0.3 is 0 Å². The van der Waals surface area contributed by atoms with E-state index in [1.54, 1.807) is 16.8 Å². The van der Waals surface area contributed by atoms with Crippen LogP contribution in [-0.2, 0) is 18.3 Å². The molecule has 13 heteroatoms. The van der Waals surface area contributed by atoms with Gasteiger partial charge in [-0.2, -0.15) is 0 Å². The van der Waals surface area contributed by atoms with Gasteiger partial charge in [-0.3, -0.25) is 4.79 Å². The molecule has 2 N–H and O–H groups in total. The van der Waals surface area contributed by atoms with Crippen LogP contribution in [0.4, 0.5) is 11.8 Å². The summed E-state index contributed by atoms with van der Waals surface area (Å²) in [6.45, 7) is 5.40. The van der Waals surface area contributed by atoms with Crippen molar-refractivity contribution in [2.75, 3.05) is 50.2 Å². The lowest BCUT2D eigenvalue weighted by molar-refractivity contribution is 0.112. The molecule has 0 radical (unpaired) electrons. The van der Waals surface area contributed by atoms with Gasteiger partial charge in [-0.1, -0.05) is 0 Å². The number of hydroxylamine groups is 1. The first-order valence-corrected chi connectivity index (χ1v) is 12.2. The predicted molar refractivity (Wildman–Crippen MR) is 138 cm³/mol. The molecule has 1 saturated heterocycles. The van der Waals surface area contributed by atoms with E-state index in [4.69, 9.17) is 24.9 Å². The molecule has 0 spiro atoms. The Balaban J connectivity index is 0.000000967. The molecule has 1 fully saturated rings.